The first-order chi connectivity index (χ1) is 15.6. The van der Waals surface area contributed by atoms with Gasteiger partial charge in [-0.2, -0.15) is 0 Å². The first-order valence-corrected chi connectivity index (χ1v) is 11.6. The van der Waals surface area contributed by atoms with Gasteiger partial charge in [0.15, 0.2) is 0 Å². The van der Waals surface area contributed by atoms with Gasteiger partial charge >= 0.3 is 0 Å². The van der Waals surface area contributed by atoms with Crippen LogP contribution in [0.2, 0.25) is 5.02 Å². The van der Waals surface area contributed by atoms with Crippen LogP contribution in [-0.2, 0) is 10.3 Å². The monoisotopic (exact) mass is 451 g/mol. The molecule has 1 aliphatic rings. The van der Waals surface area contributed by atoms with Crippen molar-refractivity contribution in [1.29, 1.82) is 0 Å². The van der Waals surface area contributed by atoms with E-state index in [-0.39, 0.29) is 5.92 Å². The topological polar surface area (TPSA) is 41.9 Å². The Bertz CT molecular complexity index is 972. The molecule has 0 saturated carbocycles. The zero-order valence-corrected chi connectivity index (χ0v) is 19.2. The maximum Gasteiger partial charge on any atom is 0.123 e. The molecule has 1 aliphatic heterocycles. The summed E-state index contributed by atoms with van der Waals surface area (Å²) in [4.78, 5) is 2.37. The molecule has 3 aromatic rings. The second kappa shape index (κ2) is 10.5. The zero-order chi connectivity index (χ0) is 22.4. The largest absolute Gasteiger partial charge is 0.494 e. The smallest absolute Gasteiger partial charge is 0.123 e. The van der Waals surface area contributed by atoms with E-state index in [1.165, 1.54) is 0 Å². The molecule has 168 valence electrons. The van der Waals surface area contributed by atoms with Crippen molar-refractivity contribution in [2.45, 2.75) is 18.4 Å². The molecule has 1 heterocycles. The Labute approximate surface area is 195 Å². The van der Waals surface area contributed by atoms with E-state index in [9.17, 15) is 5.11 Å². The van der Waals surface area contributed by atoms with Gasteiger partial charge in [-0.25, -0.2) is 0 Å². The Morgan fingerprint density at radius 1 is 0.938 bits per heavy atom. The lowest BCUT2D eigenvalue weighted by atomic mass is 9.72. The van der Waals surface area contributed by atoms with E-state index in [1.54, 1.807) is 0 Å². The lowest BCUT2D eigenvalue weighted by Crippen LogP contribution is -2.45. The van der Waals surface area contributed by atoms with Crippen LogP contribution < -0.4 is 4.74 Å². The molecule has 0 bridgehead atoms. The Morgan fingerprint density at radius 3 is 2.19 bits per heavy atom. The van der Waals surface area contributed by atoms with Crippen LogP contribution in [0.4, 0.5) is 0 Å². The summed E-state index contributed by atoms with van der Waals surface area (Å²) in [5.74, 6) is 0.584. The molecule has 1 fully saturated rings. The molecule has 0 radical (unpaired) electrons. The van der Waals surface area contributed by atoms with Crippen molar-refractivity contribution in [3.63, 3.8) is 0 Å². The molecule has 1 saturated heterocycles. The number of hydrogen-bond acceptors (Lipinski definition) is 4. The summed E-state index contributed by atoms with van der Waals surface area (Å²) < 4.78 is 11.2. The third-order valence-corrected chi connectivity index (χ3v) is 6.39. The maximum atomic E-state index is 12.6. The van der Waals surface area contributed by atoms with Gasteiger partial charge in [0.05, 0.1) is 19.8 Å². The fourth-order valence-corrected chi connectivity index (χ4v) is 4.57. The SMILES string of the molecule is CCOc1ccc([C@](O)(c2ccccc2)[C@@H](CN2CCOCC2)c2ccc(Cl)cc2)cc1. The number of morpholine rings is 1. The molecule has 3 aromatic carbocycles. The summed E-state index contributed by atoms with van der Waals surface area (Å²) >= 11 is 6.20. The predicted octanol–water partition coefficient (Wildman–Crippen LogP) is 5.09. The predicted molar refractivity (Wildman–Crippen MR) is 129 cm³/mol. The van der Waals surface area contributed by atoms with Crippen molar-refractivity contribution in [2.75, 3.05) is 39.5 Å². The van der Waals surface area contributed by atoms with Crippen molar-refractivity contribution < 1.29 is 14.6 Å². The van der Waals surface area contributed by atoms with E-state index < -0.39 is 5.60 Å². The Kier molecular flexibility index (Phi) is 7.48. The summed E-state index contributed by atoms with van der Waals surface area (Å²) in [6, 6.07) is 25.6. The van der Waals surface area contributed by atoms with Crippen LogP contribution in [0.3, 0.4) is 0 Å². The number of benzene rings is 3. The molecule has 0 spiro atoms. The molecule has 0 amide bonds. The molecule has 1 N–H and O–H groups in total. The van der Waals surface area contributed by atoms with Gasteiger partial charge in [-0.1, -0.05) is 66.2 Å². The van der Waals surface area contributed by atoms with Crippen LogP contribution >= 0.6 is 11.6 Å². The number of aliphatic hydroxyl groups is 1. The molecule has 0 unspecified atom stereocenters. The van der Waals surface area contributed by atoms with Gasteiger partial charge in [0.25, 0.3) is 0 Å². The molecule has 5 heteroatoms. The van der Waals surface area contributed by atoms with Crippen molar-refractivity contribution in [3.05, 3.63) is 101 Å². The van der Waals surface area contributed by atoms with Crippen molar-refractivity contribution in [3.8, 4) is 5.75 Å². The number of nitrogens with zero attached hydrogens (tertiary/aromatic N) is 1. The Balaban J connectivity index is 1.82. The van der Waals surface area contributed by atoms with Crippen LogP contribution in [0, 0.1) is 0 Å². The van der Waals surface area contributed by atoms with Crippen LogP contribution in [-0.4, -0.2) is 49.5 Å². The molecular weight excluding hydrogens is 422 g/mol. The zero-order valence-electron chi connectivity index (χ0n) is 18.4. The van der Waals surface area contributed by atoms with Crippen LogP contribution in [0.5, 0.6) is 5.75 Å². The minimum Gasteiger partial charge on any atom is -0.494 e. The molecule has 0 aliphatic carbocycles. The average Bonchev–Trinajstić information content (AvgIpc) is 2.85. The molecule has 2 atom stereocenters. The first-order valence-electron chi connectivity index (χ1n) is 11.2. The van der Waals surface area contributed by atoms with Gasteiger partial charge in [-0.3, -0.25) is 4.90 Å². The highest BCUT2D eigenvalue weighted by molar-refractivity contribution is 6.30. The first kappa shape index (κ1) is 22.8. The Hall–Kier alpha value is -2.37. The van der Waals surface area contributed by atoms with Crippen LogP contribution in [0.15, 0.2) is 78.9 Å². The number of ether oxygens (including phenoxy) is 2. The number of rotatable bonds is 8. The molecule has 4 rings (SSSR count). The summed E-state index contributed by atoms with van der Waals surface area (Å²) in [7, 11) is 0. The van der Waals surface area contributed by atoms with Crippen molar-refractivity contribution in [2.24, 2.45) is 0 Å². The molecule has 0 aromatic heterocycles. The summed E-state index contributed by atoms with van der Waals surface area (Å²) in [5.41, 5.74) is 1.50. The minimum absolute atomic E-state index is 0.210. The number of halogens is 1. The van der Waals surface area contributed by atoms with Crippen molar-refractivity contribution in [1.82, 2.24) is 4.90 Å². The molecule has 32 heavy (non-hydrogen) atoms. The quantitative estimate of drug-likeness (QED) is 0.518. The van der Waals surface area contributed by atoms with E-state index >= 15 is 0 Å². The second-order valence-corrected chi connectivity index (χ2v) is 8.54. The summed E-state index contributed by atoms with van der Waals surface area (Å²) in [6.45, 7) is 6.38. The van der Waals surface area contributed by atoms with Crippen LogP contribution in [0.25, 0.3) is 0 Å². The molecular formula is C27H30ClNO3. The average molecular weight is 452 g/mol. The molecule has 4 nitrogen and oxygen atoms in total. The second-order valence-electron chi connectivity index (χ2n) is 8.11. The highest BCUT2D eigenvalue weighted by Crippen LogP contribution is 2.43. The number of hydrogen-bond donors (Lipinski definition) is 1. The highest BCUT2D eigenvalue weighted by atomic mass is 35.5. The summed E-state index contributed by atoms with van der Waals surface area (Å²) in [6.07, 6.45) is 0. The van der Waals surface area contributed by atoms with Gasteiger partial charge < -0.3 is 14.6 Å². The summed E-state index contributed by atoms with van der Waals surface area (Å²) in [5, 5.41) is 13.2. The normalized spacial score (nSPS) is 17.5. The fourth-order valence-electron chi connectivity index (χ4n) is 4.45. The van der Waals surface area contributed by atoms with Gasteiger partial charge in [0.1, 0.15) is 11.4 Å². The third-order valence-electron chi connectivity index (χ3n) is 6.14. The Morgan fingerprint density at radius 2 is 1.56 bits per heavy atom. The lowest BCUT2D eigenvalue weighted by molar-refractivity contribution is 0.000751. The fraction of sp³-hybridized carbons (Fsp3) is 0.333. The van der Waals surface area contributed by atoms with E-state index in [4.69, 9.17) is 21.1 Å². The standard InChI is InChI=1S/C27H30ClNO3/c1-2-32-25-14-10-23(11-15-25)27(30,22-6-4-3-5-7-22)26(20-29-16-18-31-19-17-29)21-8-12-24(28)13-9-21/h3-15,26,30H,2,16-20H2,1H3/t26-,27+/m0/s1. The maximum absolute atomic E-state index is 12.6. The van der Waals surface area contributed by atoms with Gasteiger partial charge in [-0.15, -0.1) is 0 Å². The minimum atomic E-state index is -1.24. The van der Waals surface area contributed by atoms with Crippen molar-refractivity contribution >= 4 is 11.6 Å². The third kappa shape index (κ3) is 5.00. The van der Waals surface area contributed by atoms with E-state index in [0.717, 1.165) is 35.5 Å². The van der Waals surface area contributed by atoms with E-state index in [0.29, 0.717) is 31.4 Å². The van der Waals surface area contributed by atoms with E-state index in [1.807, 2.05) is 85.8 Å². The highest BCUT2D eigenvalue weighted by Gasteiger charge is 2.42. The van der Waals surface area contributed by atoms with Crippen LogP contribution in [0.1, 0.15) is 29.5 Å². The van der Waals surface area contributed by atoms with Gasteiger partial charge in [0.2, 0.25) is 0 Å². The van der Waals surface area contributed by atoms with E-state index in [2.05, 4.69) is 4.90 Å². The van der Waals surface area contributed by atoms with Gasteiger partial charge in [0, 0.05) is 30.6 Å². The van der Waals surface area contributed by atoms with Gasteiger partial charge in [-0.05, 0) is 47.9 Å². The lowest BCUT2D eigenvalue weighted by Gasteiger charge is -2.41.